The fourth-order valence-electron chi connectivity index (χ4n) is 1.23. The second-order valence-electron chi connectivity index (χ2n) is 4.47. The van der Waals surface area contributed by atoms with Crippen LogP contribution in [0.4, 0.5) is 0 Å². The Morgan fingerprint density at radius 3 is 2.23 bits per heavy atom. The van der Waals surface area contributed by atoms with E-state index in [-0.39, 0.29) is 5.60 Å². The van der Waals surface area contributed by atoms with Gasteiger partial charge in [0.2, 0.25) is 0 Å². The zero-order valence-electron chi connectivity index (χ0n) is 9.81. The lowest BCUT2D eigenvalue weighted by atomic mass is 10.1. The summed E-state index contributed by atoms with van der Waals surface area (Å²) in [6.07, 6.45) is 2.41. The molecule has 0 aromatic rings. The predicted octanol–water partition coefficient (Wildman–Crippen LogP) is 2.58. The maximum atomic E-state index is 5.73. The third kappa shape index (κ3) is 8.26. The Balaban J connectivity index is 3.68. The topological polar surface area (TPSA) is 21.3 Å². The van der Waals surface area contributed by atoms with Crippen LogP contribution < -0.4 is 5.32 Å². The van der Waals surface area contributed by atoms with Crippen molar-refractivity contribution in [2.75, 3.05) is 13.2 Å². The molecule has 0 amide bonds. The van der Waals surface area contributed by atoms with E-state index in [4.69, 9.17) is 4.74 Å². The van der Waals surface area contributed by atoms with Crippen LogP contribution in [0.5, 0.6) is 0 Å². The third-order valence-electron chi connectivity index (χ3n) is 1.85. The molecule has 0 aliphatic heterocycles. The smallest absolute Gasteiger partial charge is 0.0626 e. The number of ether oxygens (including phenoxy) is 1. The van der Waals surface area contributed by atoms with Gasteiger partial charge in [-0.25, -0.2) is 0 Å². The maximum Gasteiger partial charge on any atom is 0.0626 e. The van der Waals surface area contributed by atoms with Gasteiger partial charge in [-0.1, -0.05) is 20.3 Å². The number of hydrogen-bond donors (Lipinski definition) is 1. The molecule has 0 aromatic carbocycles. The van der Waals surface area contributed by atoms with E-state index >= 15 is 0 Å². The lowest BCUT2D eigenvalue weighted by Gasteiger charge is -2.24. The first-order valence-corrected chi connectivity index (χ1v) is 5.37. The number of nitrogens with one attached hydrogen (secondary N) is 1. The van der Waals surface area contributed by atoms with Gasteiger partial charge in [0.1, 0.15) is 0 Å². The Bertz CT molecular complexity index is 112. The van der Waals surface area contributed by atoms with Gasteiger partial charge in [-0.15, -0.1) is 0 Å². The molecule has 0 saturated heterocycles. The molecule has 1 unspecified atom stereocenters. The summed E-state index contributed by atoms with van der Waals surface area (Å²) >= 11 is 0. The highest BCUT2D eigenvalue weighted by molar-refractivity contribution is 4.67. The van der Waals surface area contributed by atoms with Crippen molar-refractivity contribution < 1.29 is 4.74 Å². The minimum Gasteiger partial charge on any atom is -0.374 e. The maximum absolute atomic E-state index is 5.73. The number of rotatable bonds is 6. The molecule has 0 bridgehead atoms. The molecule has 1 atom stereocenters. The molecule has 0 aromatic heterocycles. The van der Waals surface area contributed by atoms with Crippen LogP contribution in [-0.4, -0.2) is 24.8 Å². The predicted molar refractivity (Wildman–Crippen MR) is 58.1 cm³/mol. The summed E-state index contributed by atoms with van der Waals surface area (Å²) in [6, 6.07) is 0.522. The lowest BCUT2D eigenvalue weighted by Crippen LogP contribution is -2.36. The lowest BCUT2D eigenvalue weighted by molar-refractivity contribution is -0.0152. The van der Waals surface area contributed by atoms with Crippen LogP contribution in [0.25, 0.3) is 0 Å². The summed E-state index contributed by atoms with van der Waals surface area (Å²) in [5, 5.41) is 3.43. The van der Waals surface area contributed by atoms with Crippen LogP contribution in [0, 0.1) is 0 Å². The number of hydrogen-bond acceptors (Lipinski definition) is 2. The second-order valence-corrected chi connectivity index (χ2v) is 4.47. The minimum atomic E-state index is -0.0125. The monoisotopic (exact) mass is 187 g/mol. The molecule has 2 nitrogen and oxygen atoms in total. The van der Waals surface area contributed by atoms with Gasteiger partial charge in [0.15, 0.2) is 0 Å². The highest BCUT2D eigenvalue weighted by Gasteiger charge is 2.13. The minimum absolute atomic E-state index is 0.0125. The molecular weight excluding hydrogens is 162 g/mol. The molecule has 0 saturated carbocycles. The molecule has 80 valence electrons. The van der Waals surface area contributed by atoms with Gasteiger partial charge in [0, 0.05) is 6.04 Å². The Labute approximate surface area is 83.1 Å². The van der Waals surface area contributed by atoms with E-state index in [9.17, 15) is 0 Å². The Morgan fingerprint density at radius 2 is 1.85 bits per heavy atom. The Hall–Kier alpha value is -0.0800. The first-order chi connectivity index (χ1) is 5.99. The average Bonchev–Trinajstić information content (AvgIpc) is 2.00. The molecular formula is C11H25NO. The van der Waals surface area contributed by atoms with Gasteiger partial charge >= 0.3 is 0 Å². The molecule has 0 fully saturated rings. The van der Waals surface area contributed by atoms with E-state index in [0.29, 0.717) is 6.04 Å². The first kappa shape index (κ1) is 12.9. The van der Waals surface area contributed by atoms with Crippen molar-refractivity contribution in [2.45, 2.75) is 59.1 Å². The Kier molecular flexibility index (Phi) is 6.35. The van der Waals surface area contributed by atoms with Crippen molar-refractivity contribution in [3.8, 4) is 0 Å². The van der Waals surface area contributed by atoms with Crippen molar-refractivity contribution >= 4 is 0 Å². The van der Waals surface area contributed by atoms with Crippen LogP contribution in [-0.2, 0) is 4.74 Å². The van der Waals surface area contributed by atoms with Crippen molar-refractivity contribution in [1.82, 2.24) is 5.32 Å². The standard InChI is InChI=1S/C11H25NO/c1-6-8-10(12-7-2)9-13-11(3,4)5/h10,12H,6-9H2,1-5H3. The zero-order chi connectivity index (χ0) is 10.3. The molecule has 0 radical (unpaired) electrons. The van der Waals surface area contributed by atoms with Gasteiger partial charge in [-0.3, -0.25) is 0 Å². The normalized spacial score (nSPS) is 14.5. The van der Waals surface area contributed by atoms with Crippen LogP contribution >= 0.6 is 0 Å². The van der Waals surface area contributed by atoms with Crippen LogP contribution in [0.3, 0.4) is 0 Å². The molecule has 0 heterocycles. The summed E-state index contributed by atoms with van der Waals surface area (Å²) in [5.74, 6) is 0. The van der Waals surface area contributed by atoms with E-state index in [0.717, 1.165) is 13.2 Å². The molecule has 0 rings (SSSR count). The quantitative estimate of drug-likeness (QED) is 0.690. The van der Waals surface area contributed by atoms with Crippen LogP contribution in [0.2, 0.25) is 0 Å². The second kappa shape index (κ2) is 6.39. The summed E-state index contributed by atoms with van der Waals surface area (Å²) in [6.45, 7) is 12.5. The third-order valence-corrected chi connectivity index (χ3v) is 1.85. The number of likely N-dealkylation sites (N-methyl/N-ethyl adjacent to an activating group) is 1. The molecule has 0 aliphatic rings. The molecule has 2 heteroatoms. The molecule has 13 heavy (non-hydrogen) atoms. The molecule has 1 N–H and O–H groups in total. The van der Waals surface area contributed by atoms with Crippen LogP contribution in [0.1, 0.15) is 47.5 Å². The van der Waals surface area contributed by atoms with Gasteiger partial charge in [-0.2, -0.15) is 0 Å². The zero-order valence-corrected chi connectivity index (χ0v) is 9.81. The van der Waals surface area contributed by atoms with Crippen molar-refractivity contribution in [2.24, 2.45) is 0 Å². The van der Waals surface area contributed by atoms with Gasteiger partial charge in [0.25, 0.3) is 0 Å². The van der Waals surface area contributed by atoms with Gasteiger partial charge in [-0.05, 0) is 33.7 Å². The molecule has 0 spiro atoms. The van der Waals surface area contributed by atoms with Crippen molar-refractivity contribution in [1.29, 1.82) is 0 Å². The van der Waals surface area contributed by atoms with E-state index in [1.54, 1.807) is 0 Å². The summed E-state index contributed by atoms with van der Waals surface area (Å²) in [4.78, 5) is 0. The first-order valence-electron chi connectivity index (χ1n) is 5.37. The van der Waals surface area contributed by atoms with Gasteiger partial charge < -0.3 is 10.1 Å². The highest BCUT2D eigenvalue weighted by atomic mass is 16.5. The van der Waals surface area contributed by atoms with Crippen molar-refractivity contribution in [3.05, 3.63) is 0 Å². The average molecular weight is 187 g/mol. The van der Waals surface area contributed by atoms with E-state index < -0.39 is 0 Å². The fraction of sp³-hybridized carbons (Fsp3) is 1.00. The van der Waals surface area contributed by atoms with Crippen molar-refractivity contribution in [3.63, 3.8) is 0 Å². The largest absolute Gasteiger partial charge is 0.374 e. The summed E-state index contributed by atoms with van der Waals surface area (Å²) < 4.78 is 5.73. The highest BCUT2D eigenvalue weighted by Crippen LogP contribution is 2.08. The summed E-state index contributed by atoms with van der Waals surface area (Å²) in [5.41, 5.74) is -0.0125. The summed E-state index contributed by atoms with van der Waals surface area (Å²) in [7, 11) is 0. The van der Waals surface area contributed by atoms with E-state index in [1.807, 2.05) is 0 Å². The fourth-order valence-corrected chi connectivity index (χ4v) is 1.23. The van der Waals surface area contributed by atoms with E-state index in [1.165, 1.54) is 12.8 Å². The van der Waals surface area contributed by atoms with E-state index in [2.05, 4.69) is 39.9 Å². The SMILES string of the molecule is CCCC(COC(C)(C)C)NCC. The molecule has 0 aliphatic carbocycles. The van der Waals surface area contributed by atoms with Gasteiger partial charge in [0.05, 0.1) is 12.2 Å². The Morgan fingerprint density at radius 1 is 1.23 bits per heavy atom. The van der Waals surface area contributed by atoms with Crippen LogP contribution in [0.15, 0.2) is 0 Å².